The van der Waals surface area contributed by atoms with Gasteiger partial charge in [-0.15, -0.1) is 5.48 Å². The van der Waals surface area contributed by atoms with Gasteiger partial charge in [-0.25, -0.2) is 0 Å². The van der Waals surface area contributed by atoms with Crippen molar-refractivity contribution in [2.75, 3.05) is 6.54 Å². The second-order valence-corrected chi connectivity index (χ2v) is 2.28. The number of hydroxylamine groups is 1. The Morgan fingerprint density at radius 1 is 1.46 bits per heavy atom. The molecule has 0 amide bonds. The maximum Gasteiger partial charge on any atom is 0.325 e. The summed E-state index contributed by atoms with van der Waals surface area (Å²) in [6.45, 7) is -0.0984. The van der Waals surface area contributed by atoms with E-state index in [0.717, 1.165) is 0 Å². The molecule has 0 saturated heterocycles. The van der Waals surface area contributed by atoms with Crippen molar-refractivity contribution in [3.63, 3.8) is 0 Å². The molecule has 0 aliphatic carbocycles. The van der Waals surface area contributed by atoms with Crippen molar-refractivity contribution >= 4 is 11.9 Å². The van der Waals surface area contributed by atoms with Gasteiger partial charge >= 0.3 is 11.9 Å². The minimum Gasteiger partial charge on any atom is -0.481 e. The molecule has 1 unspecified atom stereocenters. The van der Waals surface area contributed by atoms with Gasteiger partial charge < -0.3 is 20.8 Å². The number of nitrogens with two attached hydrogens (primary N) is 1. The minimum absolute atomic E-state index is 0.0984. The number of aliphatic hydroxyl groups is 1. The lowest BCUT2D eigenvalue weighted by molar-refractivity contribution is -0.154. The first-order chi connectivity index (χ1) is 6.02. The average molecular weight is 192 g/mol. The lowest BCUT2D eigenvalue weighted by Crippen LogP contribution is -2.34. The quantitative estimate of drug-likeness (QED) is 0.288. The topological polar surface area (TPSA) is 122 Å². The van der Waals surface area contributed by atoms with Crippen LogP contribution in [-0.2, 0) is 14.4 Å². The molecule has 0 aromatic heterocycles. The summed E-state index contributed by atoms with van der Waals surface area (Å²) in [6.07, 6.45) is -1.62. The maximum absolute atomic E-state index is 10.7. The van der Waals surface area contributed by atoms with Crippen LogP contribution in [0.15, 0.2) is 0 Å². The van der Waals surface area contributed by atoms with Crippen LogP contribution in [0, 0.1) is 0 Å². The van der Waals surface area contributed by atoms with E-state index in [0.29, 0.717) is 0 Å². The zero-order valence-corrected chi connectivity index (χ0v) is 6.90. The summed E-state index contributed by atoms with van der Waals surface area (Å²) in [5, 5.41) is 16.7. The van der Waals surface area contributed by atoms with Crippen LogP contribution in [0.4, 0.5) is 0 Å². The van der Waals surface area contributed by atoms with Crippen LogP contribution < -0.4 is 11.2 Å². The fourth-order valence-electron chi connectivity index (χ4n) is 0.468. The molecule has 5 N–H and O–H groups in total. The highest BCUT2D eigenvalue weighted by Crippen LogP contribution is 1.90. The van der Waals surface area contributed by atoms with Crippen molar-refractivity contribution in [2.45, 2.75) is 19.1 Å². The van der Waals surface area contributed by atoms with E-state index in [1.165, 1.54) is 0 Å². The van der Waals surface area contributed by atoms with Gasteiger partial charge in [0, 0.05) is 0 Å². The van der Waals surface area contributed by atoms with Crippen LogP contribution in [0.2, 0.25) is 0 Å². The molecule has 7 nitrogen and oxygen atoms in total. The lowest BCUT2D eigenvalue weighted by Gasteiger charge is -2.06. The fraction of sp³-hybridized carbons (Fsp3) is 0.667. The van der Waals surface area contributed by atoms with E-state index in [2.05, 4.69) is 10.3 Å². The normalized spacial score (nSPS) is 12.2. The van der Waals surface area contributed by atoms with Gasteiger partial charge in [0.25, 0.3) is 0 Å². The van der Waals surface area contributed by atoms with Crippen LogP contribution in [0.1, 0.15) is 12.8 Å². The number of carbonyl (C=O) groups excluding carboxylic acids is 1. The summed E-state index contributed by atoms with van der Waals surface area (Å²) in [6, 6.07) is 0. The van der Waals surface area contributed by atoms with Crippen LogP contribution >= 0.6 is 0 Å². The average Bonchev–Trinajstić information content (AvgIpc) is 2.00. The zero-order valence-electron chi connectivity index (χ0n) is 6.90. The van der Waals surface area contributed by atoms with E-state index in [-0.39, 0.29) is 19.4 Å². The van der Waals surface area contributed by atoms with E-state index >= 15 is 0 Å². The van der Waals surface area contributed by atoms with Crippen LogP contribution in [0.25, 0.3) is 0 Å². The van der Waals surface area contributed by atoms with Crippen molar-refractivity contribution < 1.29 is 24.6 Å². The van der Waals surface area contributed by atoms with Gasteiger partial charge in [-0.2, -0.15) is 0 Å². The molecule has 0 spiro atoms. The van der Waals surface area contributed by atoms with E-state index in [9.17, 15) is 9.59 Å². The van der Waals surface area contributed by atoms with Gasteiger partial charge in [0.15, 0.2) is 0 Å². The molecular formula is C6H12N2O5. The first-order valence-corrected chi connectivity index (χ1v) is 3.60. The molecule has 1 atom stereocenters. The Bertz CT molecular complexity index is 182. The molecule has 0 rings (SSSR count). The molecule has 0 aromatic rings. The lowest BCUT2D eigenvalue weighted by atomic mass is 10.3. The summed E-state index contributed by atoms with van der Waals surface area (Å²) >= 11 is 0. The third-order valence-electron chi connectivity index (χ3n) is 1.02. The SMILES string of the molecule is NC(O)CNOC(=O)CCC(=O)O. The Kier molecular flexibility index (Phi) is 5.77. The molecule has 0 aliphatic heterocycles. The molecule has 0 radical (unpaired) electrons. The molecule has 7 heteroatoms. The largest absolute Gasteiger partial charge is 0.481 e. The number of carbonyl (C=O) groups is 2. The Hall–Kier alpha value is -1.18. The molecule has 0 aromatic carbocycles. The van der Waals surface area contributed by atoms with Gasteiger partial charge in [0.1, 0.15) is 6.23 Å². The number of aliphatic carboxylic acids is 1. The maximum atomic E-state index is 10.7. The standard InChI is InChI=1S/C6H12N2O5/c7-4(9)3-8-13-6(12)2-1-5(10)11/h4,8-9H,1-3,7H2,(H,10,11). The van der Waals surface area contributed by atoms with Crippen molar-refractivity contribution in [2.24, 2.45) is 5.73 Å². The molecule has 76 valence electrons. The predicted octanol–water partition coefficient (Wildman–Crippen LogP) is -1.82. The summed E-state index contributed by atoms with van der Waals surface area (Å²) in [7, 11) is 0. The summed E-state index contributed by atoms with van der Waals surface area (Å²) in [5.41, 5.74) is 7.00. The molecule has 0 fully saturated rings. The predicted molar refractivity (Wildman–Crippen MR) is 41.2 cm³/mol. The van der Waals surface area contributed by atoms with E-state index in [4.69, 9.17) is 15.9 Å². The monoisotopic (exact) mass is 192 g/mol. The van der Waals surface area contributed by atoms with E-state index < -0.39 is 18.2 Å². The van der Waals surface area contributed by atoms with Gasteiger partial charge in [-0.3, -0.25) is 9.59 Å². The third kappa shape index (κ3) is 8.73. The van der Waals surface area contributed by atoms with Crippen LogP contribution in [0.5, 0.6) is 0 Å². The molecule has 0 bridgehead atoms. The fourth-order valence-corrected chi connectivity index (χ4v) is 0.468. The summed E-state index contributed by atoms with van der Waals surface area (Å²) in [4.78, 5) is 25.0. The van der Waals surface area contributed by atoms with Crippen molar-refractivity contribution in [3.05, 3.63) is 0 Å². The second kappa shape index (κ2) is 6.35. The Morgan fingerprint density at radius 3 is 2.54 bits per heavy atom. The minimum atomic E-state index is -1.12. The zero-order chi connectivity index (χ0) is 10.3. The molecule has 13 heavy (non-hydrogen) atoms. The molecule has 0 aliphatic rings. The number of rotatable bonds is 6. The molecule has 0 saturated carbocycles. The number of hydrogen-bond acceptors (Lipinski definition) is 6. The second-order valence-electron chi connectivity index (χ2n) is 2.28. The third-order valence-corrected chi connectivity index (χ3v) is 1.02. The first kappa shape index (κ1) is 11.8. The number of carboxylic acids is 1. The Balaban J connectivity index is 3.36. The highest BCUT2D eigenvalue weighted by atomic mass is 16.7. The van der Waals surface area contributed by atoms with Crippen LogP contribution in [0.3, 0.4) is 0 Å². The van der Waals surface area contributed by atoms with Gasteiger partial charge in [-0.05, 0) is 0 Å². The van der Waals surface area contributed by atoms with Crippen molar-refractivity contribution in [3.8, 4) is 0 Å². The summed E-state index contributed by atoms with van der Waals surface area (Å²) in [5.74, 6) is -1.78. The Morgan fingerprint density at radius 2 is 2.08 bits per heavy atom. The number of nitrogens with one attached hydrogen (secondary N) is 1. The van der Waals surface area contributed by atoms with Gasteiger partial charge in [-0.1, -0.05) is 0 Å². The number of aliphatic hydroxyl groups excluding tert-OH is 1. The number of hydrogen-bond donors (Lipinski definition) is 4. The van der Waals surface area contributed by atoms with Crippen molar-refractivity contribution in [1.82, 2.24) is 5.48 Å². The highest BCUT2D eigenvalue weighted by molar-refractivity contribution is 5.76. The first-order valence-electron chi connectivity index (χ1n) is 3.60. The van der Waals surface area contributed by atoms with E-state index in [1.807, 2.05) is 0 Å². The molecular weight excluding hydrogens is 180 g/mol. The Labute approximate surface area is 74.4 Å². The summed E-state index contributed by atoms with van der Waals surface area (Å²) < 4.78 is 0. The van der Waals surface area contributed by atoms with Gasteiger partial charge in [0.2, 0.25) is 0 Å². The highest BCUT2D eigenvalue weighted by Gasteiger charge is 2.06. The van der Waals surface area contributed by atoms with Gasteiger partial charge in [0.05, 0.1) is 19.4 Å². The van der Waals surface area contributed by atoms with E-state index in [1.54, 1.807) is 0 Å². The number of carboxylic acid groups (broad SMARTS) is 1. The van der Waals surface area contributed by atoms with Crippen LogP contribution in [-0.4, -0.2) is 34.9 Å². The van der Waals surface area contributed by atoms with Crippen molar-refractivity contribution in [1.29, 1.82) is 0 Å². The molecule has 0 heterocycles. The smallest absolute Gasteiger partial charge is 0.325 e.